The van der Waals surface area contributed by atoms with Crippen molar-refractivity contribution < 1.29 is 39.2 Å². The normalized spacial score (nSPS) is 24.9. The first kappa shape index (κ1) is 26.0. The number of fused-ring (bicyclic) bond motifs is 3. The van der Waals surface area contributed by atoms with E-state index in [1.165, 1.54) is 44.6 Å². The van der Waals surface area contributed by atoms with Crippen molar-refractivity contribution in [3.63, 3.8) is 0 Å². The van der Waals surface area contributed by atoms with Gasteiger partial charge >= 0.3 is 5.97 Å². The van der Waals surface area contributed by atoms with Gasteiger partial charge in [0.05, 0.1) is 20.1 Å². The molecule has 0 amide bonds. The van der Waals surface area contributed by atoms with Crippen LogP contribution in [0.25, 0.3) is 12.2 Å². The van der Waals surface area contributed by atoms with Gasteiger partial charge in [0, 0.05) is 18.5 Å². The van der Waals surface area contributed by atoms with Gasteiger partial charge in [-0.3, -0.25) is 19.3 Å². The number of rotatable bonds is 9. The zero-order valence-corrected chi connectivity index (χ0v) is 20.6. The maximum absolute atomic E-state index is 13.6. The Morgan fingerprint density at radius 1 is 0.892 bits per heavy atom. The van der Waals surface area contributed by atoms with Gasteiger partial charge in [-0.2, -0.15) is 0 Å². The Kier molecular flexibility index (Phi) is 7.35. The van der Waals surface area contributed by atoms with Crippen LogP contribution < -0.4 is 9.47 Å². The lowest BCUT2D eigenvalue weighted by Crippen LogP contribution is -2.66. The lowest BCUT2D eigenvalue weighted by atomic mass is 9.58. The van der Waals surface area contributed by atoms with Gasteiger partial charge in [-0.15, -0.1) is 0 Å². The number of phenolic OH excluding ortho intramolecular Hbond substituents is 2. The van der Waals surface area contributed by atoms with Crippen molar-refractivity contribution in [3.8, 4) is 23.0 Å². The summed E-state index contributed by atoms with van der Waals surface area (Å²) in [7, 11) is 2.84. The molecular formula is C28H29NO8. The number of benzene rings is 2. The van der Waals surface area contributed by atoms with E-state index < -0.39 is 29.1 Å². The molecule has 2 atom stereocenters. The largest absolute Gasteiger partial charge is 0.504 e. The summed E-state index contributed by atoms with van der Waals surface area (Å²) in [6.07, 6.45) is 6.54. The number of carbonyl (C=O) groups is 3. The van der Waals surface area contributed by atoms with E-state index in [4.69, 9.17) is 9.47 Å². The van der Waals surface area contributed by atoms with Gasteiger partial charge in [0.2, 0.25) is 0 Å². The molecule has 2 unspecified atom stereocenters. The zero-order valence-electron chi connectivity index (χ0n) is 20.6. The molecule has 37 heavy (non-hydrogen) atoms. The maximum atomic E-state index is 13.6. The fraction of sp³-hybridized carbons (Fsp3) is 0.321. The zero-order chi connectivity index (χ0) is 26.7. The highest BCUT2D eigenvalue weighted by Gasteiger charge is 2.60. The number of nitrogens with zero attached hydrogens (tertiary/aromatic N) is 1. The first-order valence-electron chi connectivity index (χ1n) is 11.9. The van der Waals surface area contributed by atoms with Gasteiger partial charge in [-0.25, -0.2) is 0 Å². The number of aromatic hydroxyl groups is 2. The van der Waals surface area contributed by atoms with Gasteiger partial charge in [-0.1, -0.05) is 24.3 Å². The molecule has 3 saturated heterocycles. The second kappa shape index (κ2) is 10.5. The average Bonchev–Trinajstić information content (AvgIpc) is 2.91. The highest BCUT2D eigenvalue weighted by Crippen LogP contribution is 2.49. The van der Waals surface area contributed by atoms with Crippen LogP contribution in [0.5, 0.6) is 23.0 Å². The molecule has 5 rings (SSSR count). The van der Waals surface area contributed by atoms with Crippen LogP contribution in [0.2, 0.25) is 0 Å². The van der Waals surface area contributed by atoms with E-state index in [1.807, 2.05) is 0 Å². The molecule has 0 aromatic heterocycles. The van der Waals surface area contributed by atoms with Crippen molar-refractivity contribution in [3.05, 3.63) is 59.7 Å². The molecule has 3 heterocycles. The number of hydrogen-bond donors (Lipinski definition) is 3. The Morgan fingerprint density at radius 3 is 1.89 bits per heavy atom. The number of hydrogen-bond acceptors (Lipinski definition) is 8. The van der Waals surface area contributed by atoms with Gasteiger partial charge in [0.1, 0.15) is 6.04 Å². The molecule has 2 aromatic rings. The fourth-order valence-corrected chi connectivity index (χ4v) is 5.37. The second-order valence-electron chi connectivity index (χ2n) is 9.25. The molecule has 3 aliphatic rings. The molecule has 2 bridgehead atoms. The van der Waals surface area contributed by atoms with Crippen LogP contribution in [0.3, 0.4) is 0 Å². The summed E-state index contributed by atoms with van der Waals surface area (Å²) in [6.45, 7) is 0.818. The third kappa shape index (κ3) is 4.95. The Bertz CT molecular complexity index is 1270. The summed E-state index contributed by atoms with van der Waals surface area (Å²) in [5, 5.41) is 29.6. The molecule has 9 nitrogen and oxygen atoms in total. The number of phenols is 2. The van der Waals surface area contributed by atoms with Crippen molar-refractivity contribution >= 4 is 29.7 Å². The summed E-state index contributed by atoms with van der Waals surface area (Å²) in [5.41, 5.74) is 0.0489. The summed E-state index contributed by atoms with van der Waals surface area (Å²) in [6, 6.07) is 8.14. The van der Waals surface area contributed by atoms with E-state index >= 15 is 0 Å². The highest BCUT2D eigenvalue weighted by molar-refractivity contribution is 6.07. The number of methoxy groups -OCH3 is 2. The van der Waals surface area contributed by atoms with Crippen molar-refractivity contribution in [1.82, 2.24) is 4.90 Å². The van der Waals surface area contributed by atoms with Crippen LogP contribution in [0.1, 0.15) is 24.0 Å². The number of piperidine rings is 3. The van der Waals surface area contributed by atoms with Gasteiger partial charge in [0.25, 0.3) is 0 Å². The molecule has 3 aliphatic heterocycles. The minimum Gasteiger partial charge on any atom is -0.504 e. The number of ether oxygens (including phenoxy) is 2. The van der Waals surface area contributed by atoms with Crippen molar-refractivity contribution in [2.45, 2.75) is 18.9 Å². The smallest absolute Gasteiger partial charge is 0.321 e. The molecule has 9 heteroatoms. The van der Waals surface area contributed by atoms with Crippen molar-refractivity contribution in [2.24, 2.45) is 11.3 Å². The molecule has 0 saturated carbocycles. The molecular weight excluding hydrogens is 478 g/mol. The minimum absolute atomic E-state index is 0.0304. The molecule has 2 aromatic carbocycles. The highest BCUT2D eigenvalue weighted by atomic mass is 16.5. The van der Waals surface area contributed by atoms with E-state index in [9.17, 15) is 29.7 Å². The van der Waals surface area contributed by atoms with Crippen LogP contribution in [0.15, 0.2) is 48.6 Å². The first-order valence-corrected chi connectivity index (χ1v) is 11.9. The fourth-order valence-electron chi connectivity index (χ4n) is 5.37. The Balaban J connectivity index is 1.66. The summed E-state index contributed by atoms with van der Waals surface area (Å²) < 4.78 is 10.2. The number of aliphatic carboxylic acids is 1. The maximum Gasteiger partial charge on any atom is 0.321 e. The molecule has 194 valence electrons. The lowest BCUT2D eigenvalue weighted by Gasteiger charge is -2.54. The van der Waals surface area contributed by atoms with Crippen LogP contribution in [-0.2, 0) is 14.4 Å². The average molecular weight is 508 g/mol. The Hall–Kier alpha value is -4.11. The quantitative estimate of drug-likeness (QED) is 0.438. The summed E-state index contributed by atoms with van der Waals surface area (Å²) in [4.78, 5) is 41.2. The van der Waals surface area contributed by atoms with E-state index in [0.29, 0.717) is 37.1 Å². The Labute approximate surface area is 214 Å². The number of carboxylic acid groups (broad SMARTS) is 1. The second-order valence-corrected chi connectivity index (χ2v) is 9.25. The van der Waals surface area contributed by atoms with E-state index in [0.717, 1.165) is 0 Å². The topological polar surface area (TPSA) is 134 Å². The minimum atomic E-state index is -1.15. The molecule has 0 aliphatic carbocycles. The third-order valence-electron chi connectivity index (χ3n) is 7.32. The standard InChI is InChI=1S/C28H29NO8/c1-36-22-15-17(3-7-19(22)30)5-9-21(32)25-26(27(34)35)29-13-11-28(25,12-14-29)24(33)10-6-18-4-8-20(31)23(16-18)37-2/h3-10,15-16,25-26,30-31H,11-14H2,1-2H3,(H,34,35)/b9-5+,10-6+. The number of carboxylic acids is 1. The van der Waals surface area contributed by atoms with Gasteiger partial charge < -0.3 is 24.8 Å². The molecule has 3 fully saturated rings. The van der Waals surface area contributed by atoms with Crippen LogP contribution in [-0.4, -0.2) is 71.1 Å². The first-order chi connectivity index (χ1) is 17.7. The summed E-state index contributed by atoms with van der Waals surface area (Å²) >= 11 is 0. The number of ketones is 2. The van der Waals surface area contributed by atoms with Crippen LogP contribution in [0.4, 0.5) is 0 Å². The predicted molar refractivity (Wildman–Crippen MR) is 136 cm³/mol. The van der Waals surface area contributed by atoms with E-state index in [-0.39, 0.29) is 28.8 Å². The van der Waals surface area contributed by atoms with Gasteiger partial charge in [0.15, 0.2) is 34.6 Å². The third-order valence-corrected chi connectivity index (χ3v) is 7.32. The van der Waals surface area contributed by atoms with E-state index in [2.05, 4.69) is 0 Å². The predicted octanol–water partition coefficient (Wildman–Crippen LogP) is 3.15. The SMILES string of the molecule is COc1cc(/C=C/C(=O)C2C(C(=O)O)N3CCC2(C(=O)/C=C/c2ccc(O)c(OC)c2)CC3)ccc1O. The van der Waals surface area contributed by atoms with Gasteiger partial charge in [-0.05, 0) is 60.4 Å². The Morgan fingerprint density at radius 2 is 1.41 bits per heavy atom. The van der Waals surface area contributed by atoms with Crippen molar-refractivity contribution in [1.29, 1.82) is 0 Å². The molecule has 3 N–H and O–H groups in total. The number of allylic oxidation sites excluding steroid dienone is 2. The summed E-state index contributed by atoms with van der Waals surface area (Å²) in [5.74, 6) is -2.53. The molecule has 0 radical (unpaired) electrons. The monoisotopic (exact) mass is 507 g/mol. The molecule has 0 spiro atoms. The van der Waals surface area contributed by atoms with Crippen LogP contribution >= 0.6 is 0 Å². The van der Waals surface area contributed by atoms with Crippen molar-refractivity contribution in [2.75, 3.05) is 27.3 Å². The van der Waals surface area contributed by atoms with Crippen LogP contribution in [0, 0.1) is 11.3 Å². The van der Waals surface area contributed by atoms with E-state index in [1.54, 1.807) is 35.2 Å². The lowest BCUT2D eigenvalue weighted by molar-refractivity contribution is -0.168. The number of carbonyl (C=O) groups excluding carboxylic acids is 2.